The lowest BCUT2D eigenvalue weighted by molar-refractivity contribution is -0.137. The van der Waals surface area contributed by atoms with E-state index in [0.29, 0.717) is 16.3 Å². The number of aliphatic carboxylic acids is 1. The third-order valence-corrected chi connectivity index (χ3v) is 6.03. The molecule has 0 aliphatic heterocycles. The van der Waals surface area contributed by atoms with Crippen molar-refractivity contribution in [1.29, 1.82) is 0 Å². The molecule has 0 bridgehead atoms. The van der Waals surface area contributed by atoms with Crippen molar-refractivity contribution >= 4 is 34.9 Å². The quantitative estimate of drug-likeness (QED) is 0.225. The van der Waals surface area contributed by atoms with Crippen LogP contribution in [-0.2, 0) is 4.79 Å². The van der Waals surface area contributed by atoms with Gasteiger partial charge in [-0.2, -0.15) is 0 Å². The van der Waals surface area contributed by atoms with Gasteiger partial charge in [0.15, 0.2) is 17.4 Å². The Morgan fingerprint density at radius 2 is 1.42 bits per heavy atom. The van der Waals surface area contributed by atoms with Crippen LogP contribution in [0.25, 0.3) is 22.3 Å². The highest BCUT2D eigenvalue weighted by Gasteiger charge is 2.19. The smallest absolute Gasteiger partial charge is 0.303 e. The predicted octanol–water partition coefficient (Wildman–Crippen LogP) is 7.04. The topological polar surface area (TPSA) is 96.4 Å². The van der Waals surface area contributed by atoms with Crippen LogP contribution >= 0.6 is 11.6 Å². The van der Waals surface area contributed by atoms with Gasteiger partial charge in [0, 0.05) is 35.3 Å². The van der Waals surface area contributed by atoms with E-state index in [9.17, 15) is 23.2 Å². The van der Waals surface area contributed by atoms with Crippen molar-refractivity contribution in [3.05, 3.63) is 107 Å². The van der Waals surface area contributed by atoms with Gasteiger partial charge in [-0.05, 0) is 65.6 Å². The minimum Gasteiger partial charge on any atom is -0.481 e. The monoisotopic (exact) mass is 534 g/mol. The first-order valence-electron chi connectivity index (χ1n) is 11.6. The Balaban J connectivity index is 1.54. The molecule has 0 aliphatic rings. The number of benzene rings is 3. The van der Waals surface area contributed by atoms with Crippen molar-refractivity contribution in [2.45, 2.75) is 19.3 Å². The van der Waals surface area contributed by atoms with Crippen LogP contribution in [0, 0.1) is 11.6 Å². The maximum absolute atomic E-state index is 14.1. The first-order chi connectivity index (χ1) is 18.2. The van der Waals surface area contributed by atoms with E-state index in [4.69, 9.17) is 16.7 Å². The van der Waals surface area contributed by atoms with E-state index in [1.807, 2.05) is 12.1 Å². The minimum absolute atomic E-state index is 0.00822. The first kappa shape index (κ1) is 26.6. The highest BCUT2D eigenvalue weighted by atomic mass is 35.5. The number of halogens is 3. The predicted molar refractivity (Wildman–Crippen MR) is 140 cm³/mol. The molecule has 3 aromatic carbocycles. The molecular formula is C29H21ClF2N2O4. The van der Waals surface area contributed by atoms with Crippen LogP contribution in [0.4, 0.5) is 14.5 Å². The van der Waals surface area contributed by atoms with Gasteiger partial charge in [0.2, 0.25) is 0 Å². The maximum Gasteiger partial charge on any atom is 0.303 e. The Labute approximate surface area is 221 Å². The molecule has 0 saturated heterocycles. The first-order valence-corrected chi connectivity index (χ1v) is 12.0. The third kappa shape index (κ3) is 6.46. The maximum atomic E-state index is 14.1. The number of rotatable bonds is 9. The summed E-state index contributed by atoms with van der Waals surface area (Å²) in [6.07, 6.45) is 1.33. The van der Waals surface area contributed by atoms with Crippen LogP contribution in [0.5, 0.6) is 0 Å². The minimum atomic E-state index is -1.19. The summed E-state index contributed by atoms with van der Waals surface area (Å²) in [5.74, 6) is -4.33. The van der Waals surface area contributed by atoms with Crippen LogP contribution in [0.2, 0.25) is 5.02 Å². The highest BCUT2D eigenvalue weighted by Crippen LogP contribution is 2.28. The van der Waals surface area contributed by atoms with Crippen LogP contribution in [-0.4, -0.2) is 27.8 Å². The van der Waals surface area contributed by atoms with Crippen LogP contribution in [0.1, 0.15) is 40.1 Å². The molecular weight excluding hydrogens is 514 g/mol. The zero-order valence-corrected chi connectivity index (χ0v) is 20.6. The van der Waals surface area contributed by atoms with Gasteiger partial charge >= 0.3 is 5.97 Å². The van der Waals surface area contributed by atoms with Crippen LogP contribution in [0.15, 0.2) is 79.0 Å². The standard InChI is InChI=1S/C29H21ClF2N2O4/c30-20-9-4-17(5-10-20)18-6-11-21(12-7-18)34-29(38)23-15-25(32)24(31)14-22(23)19-8-13-26(33-16-19)27(35)2-1-3-28(36)37/h4-16H,1-3H2,(H,34,38)(H,36,37). The molecule has 0 saturated carbocycles. The van der Waals surface area contributed by atoms with Gasteiger partial charge in [-0.1, -0.05) is 41.9 Å². The largest absolute Gasteiger partial charge is 0.481 e. The summed E-state index contributed by atoms with van der Waals surface area (Å²) in [7, 11) is 0. The molecule has 0 aliphatic carbocycles. The summed E-state index contributed by atoms with van der Waals surface area (Å²) in [5, 5.41) is 12.0. The molecule has 1 aromatic heterocycles. The van der Waals surface area contributed by atoms with E-state index < -0.39 is 23.5 Å². The number of Topliss-reactive ketones (excluding diaryl/α,β-unsaturated/α-hetero) is 1. The SMILES string of the molecule is O=C(O)CCCC(=O)c1ccc(-c2cc(F)c(F)cc2C(=O)Nc2ccc(-c3ccc(Cl)cc3)cc2)cn1. The number of carbonyl (C=O) groups is 3. The molecule has 0 fully saturated rings. The Kier molecular flexibility index (Phi) is 8.23. The van der Waals surface area contributed by atoms with E-state index in [2.05, 4.69) is 10.3 Å². The lowest BCUT2D eigenvalue weighted by Crippen LogP contribution is -2.14. The van der Waals surface area contributed by atoms with Crippen LogP contribution in [0.3, 0.4) is 0 Å². The molecule has 6 nitrogen and oxygen atoms in total. The lowest BCUT2D eigenvalue weighted by atomic mass is 9.99. The number of carbonyl (C=O) groups excluding carboxylic acids is 2. The van der Waals surface area contributed by atoms with Gasteiger partial charge in [0.25, 0.3) is 5.91 Å². The molecule has 0 spiro atoms. The third-order valence-electron chi connectivity index (χ3n) is 5.78. The van der Waals surface area contributed by atoms with E-state index in [1.165, 1.54) is 18.3 Å². The summed E-state index contributed by atoms with van der Waals surface area (Å²) in [6.45, 7) is 0. The van der Waals surface area contributed by atoms with Crippen LogP contribution < -0.4 is 5.32 Å². The number of aromatic nitrogens is 1. The van der Waals surface area contributed by atoms with Gasteiger partial charge in [0.05, 0.1) is 5.56 Å². The molecule has 2 N–H and O–H groups in total. The number of carboxylic acids is 1. The fraction of sp³-hybridized carbons (Fsp3) is 0.103. The summed E-state index contributed by atoms with van der Waals surface area (Å²) in [4.78, 5) is 40.0. The molecule has 0 radical (unpaired) electrons. The van der Waals surface area contributed by atoms with Crippen molar-refractivity contribution in [3.63, 3.8) is 0 Å². The van der Waals surface area contributed by atoms with Gasteiger partial charge in [-0.25, -0.2) is 8.78 Å². The number of nitrogens with zero attached hydrogens (tertiary/aromatic N) is 1. The van der Waals surface area contributed by atoms with E-state index in [-0.39, 0.29) is 41.9 Å². The van der Waals surface area contributed by atoms with Crippen molar-refractivity contribution in [3.8, 4) is 22.3 Å². The van der Waals surface area contributed by atoms with Gasteiger partial charge in [0.1, 0.15) is 5.69 Å². The number of nitrogens with one attached hydrogen (secondary N) is 1. The number of hydrogen-bond acceptors (Lipinski definition) is 4. The Hall–Kier alpha value is -4.43. The number of pyridine rings is 1. The van der Waals surface area contributed by atoms with Gasteiger partial charge in [-0.3, -0.25) is 19.4 Å². The molecule has 0 unspecified atom stereocenters. The average molecular weight is 535 g/mol. The zero-order valence-electron chi connectivity index (χ0n) is 19.9. The molecule has 9 heteroatoms. The molecule has 4 rings (SSSR count). The molecule has 192 valence electrons. The number of carboxylic acid groups (broad SMARTS) is 1. The van der Waals surface area contributed by atoms with E-state index >= 15 is 0 Å². The summed E-state index contributed by atoms with van der Waals surface area (Å²) >= 11 is 5.93. The normalized spacial score (nSPS) is 10.7. The molecule has 4 aromatic rings. The van der Waals surface area contributed by atoms with E-state index in [1.54, 1.807) is 36.4 Å². The fourth-order valence-electron chi connectivity index (χ4n) is 3.81. The fourth-order valence-corrected chi connectivity index (χ4v) is 3.93. The number of anilines is 1. The summed E-state index contributed by atoms with van der Waals surface area (Å²) in [5.41, 5.74) is 2.67. The molecule has 0 atom stereocenters. The second kappa shape index (κ2) is 11.7. The number of ketones is 1. The Bertz CT molecular complexity index is 1490. The Morgan fingerprint density at radius 3 is 2.03 bits per heavy atom. The lowest BCUT2D eigenvalue weighted by Gasteiger charge is -2.12. The molecule has 38 heavy (non-hydrogen) atoms. The van der Waals surface area contributed by atoms with Crippen molar-refractivity contribution in [2.24, 2.45) is 0 Å². The van der Waals surface area contributed by atoms with Gasteiger partial charge in [-0.15, -0.1) is 0 Å². The van der Waals surface area contributed by atoms with Crippen molar-refractivity contribution in [2.75, 3.05) is 5.32 Å². The van der Waals surface area contributed by atoms with E-state index in [0.717, 1.165) is 23.3 Å². The summed E-state index contributed by atoms with van der Waals surface area (Å²) in [6, 6.07) is 18.9. The Morgan fingerprint density at radius 1 is 0.816 bits per heavy atom. The summed E-state index contributed by atoms with van der Waals surface area (Å²) < 4.78 is 28.3. The highest BCUT2D eigenvalue weighted by molar-refractivity contribution is 6.30. The second-order valence-corrected chi connectivity index (χ2v) is 8.89. The van der Waals surface area contributed by atoms with Crippen molar-refractivity contribution in [1.82, 2.24) is 4.98 Å². The number of hydrogen-bond donors (Lipinski definition) is 2. The zero-order chi connectivity index (χ0) is 27.2. The van der Waals surface area contributed by atoms with Gasteiger partial charge < -0.3 is 10.4 Å². The molecule has 1 amide bonds. The second-order valence-electron chi connectivity index (χ2n) is 8.45. The average Bonchev–Trinajstić information content (AvgIpc) is 2.90. The number of amides is 1. The van der Waals surface area contributed by atoms with Crippen molar-refractivity contribution < 1.29 is 28.3 Å². The molecule has 1 heterocycles.